The number of hydrogen-bond donors (Lipinski definition) is 3. The Morgan fingerprint density at radius 1 is 1.50 bits per heavy atom. The van der Waals surface area contributed by atoms with Crippen molar-refractivity contribution in [1.82, 2.24) is 5.32 Å². The second-order valence-corrected chi connectivity index (χ2v) is 2.25. The molecule has 5 N–H and O–H groups in total. The molecule has 0 aliphatic heterocycles. The average Bonchev–Trinajstić information content (AvgIpc) is 1.88. The number of nitrogens with one attached hydrogen (secondary N) is 1. The fraction of sp³-hybridized carbons (Fsp3) is 0.833. The Morgan fingerprint density at radius 2 is 2.00 bits per heavy atom. The summed E-state index contributed by atoms with van der Waals surface area (Å²) < 4.78 is 0. The molecule has 0 bridgehead atoms. The molecular formula is C6H17Cl2N3O. The van der Waals surface area contributed by atoms with Gasteiger partial charge in [-0.3, -0.25) is 4.79 Å². The zero-order valence-corrected chi connectivity index (χ0v) is 8.71. The van der Waals surface area contributed by atoms with E-state index in [4.69, 9.17) is 11.5 Å². The number of halogens is 2. The maximum absolute atomic E-state index is 10.4. The van der Waals surface area contributed by atoms with Crippen molar-refractivity contribution in [3.8, 4) is 0 Å². The largest absolute Gasteiger partial charge is 0.368 e. The van der Waals surface area contributed by atoms with Crippen molar-refractivity contribution in [2.24, 2.45) is 11.5 Å². The van der Waals surface area contributed by atoms with Crippen LogP contribution in [-0.2, 0) is 4.79 Å². The van der Waals surface area contributed by atoms with Crippen LogP contribution < -0.4 is 16.8 Å². The van der Waals surface area contributed by atoms with E-state index < -0.39 is 11.9 Å². The first kappa shape index (κ1) is 17.9. The van der Waals surface area contributed by atoms with Gasteiger partial charge in [0.1, 0.15) is 0 Å². The fourth-order valence-corrected chi connectivity index (χ4v) is 0.641. The van der Waals surface area contributed by atoms with E-state index in [0.29, 0.717) is 6.42 Å². The van der Waals surface area contributed by atoms with Gasteiger partial charge in [0.2, 0.25) is 5.91 Å². The lowest BCUT2D eigenvalue weighted by molar-refractivity contribution is -0.119. The Hall–Kier alpha value is -0.0300. The Bertz CT molecular complexity index is 113. The number of nitrogens with two attached hydrogens (primary N) is 2. The third-order valence-electron chi connectivity index (χ3n) is 1.31. The summed E-state index contributed by atoms with van der Waals surface area (Å²) in [6, 6.07) is -0.478. The van der Waals surface area contributed by atoms with Gasteiger partial charge in [-0.1, -0.05) is 0 Å². The Labute approximate surface area is 85.3 Å². The van der Waals surface area contributed by atoms with Gasteiger partial charge < -0.3 is 16.8 Å². The average molecular weight is 218 g/mol. The van der Waals surface area contributed by atoms with Gasteiger partial charge in [0.25, 0.3) is 0 Å². The highest BCUT2D eigenvalue weighted by Crippen LogP contribution is 1.90. The molecule has 0 heterocycles. The van der Waals surface area contributed by atoms with Crippen LogP contribution >= 0.6 is 24.8 Å². The highest BCUT2D eigenvalue weighted by molar-refractivity contribution is 5.85. The molecule has 0 spiro atoms. The van der Waals surface area contributed by atoms with Crippen LogP contribution in [0.1, 0.15) is 12.8 Å². The Kier molecular flexibility index (Phi) is 16.4. The van der Waals surface area contributed by atoms with E-state index in [-0.39, 0.29) is 24.8 Å². The molecule has 1 atom stereocenters. The second-order valence-electron chi connectivity index (χ2n) is 2.25. The number of amides is 1. The van der Waals surface area contributed by atoms with E-state index in [9.17, 15) is 4.79 Å². The quantitative estimate of drug-likeness (QED) is 0.551. The summed E-state index contributed by atoms with van der Waals surface area (Å²) in [5.74, 6) is -0.420. The molecule has 0 aromatic carbocycles. The van der Waals surface area contributed by atoms with Crippen LogP contribution in [0.3, 0.4) is 0 Å². The van der Waals surface area contributed by atoms with E-state index in [2.05, 4.69) is 5.32 Å². The third-order valence-corrected chi connectivity index (χ3v) is 1.31. The zero-order valence-electron chi connectivity index (χ0n) is 7.08. The smallest absolute Gasteiger partial charge is 0.234 e. The highest BCUT2D eigenvalue weighted by atomic mass is 35.5. The number of hydrogen-bond acceptors (Lipinski definition) is 3. The van der Waals surface area contributed by atoms with Crippen LogP contribution in [0.2, 0.25) is 0 Å². The molecule has 0 rings (SSSR count). The van der Waals surface area contributed by atoms with Crippen molar-refractivity contribution < 1.29 is 4.79 Å². The molecule has 0 aromatic heterocycles. The van der Waals surface area contributed by atoms with Crippen LogP contribution in [-0.4, -0.2) is 25.5 Å². The molecule has 76 valence electrons. The summed E-state index contributed by atoms with van der Waals surface area (Å²) in [5.41, 5.74) is 10.3. The van der Waals surface area contributed by atoms with Gasteiger partial charge in [-0.25, -0.2) is 0 Å². The molecule has 0 aliphatic carbocycles. The number of primary amides is 1. The van der Waals surface area contributed by atoms with Gasteiger partial charge in [0.15, 0.2) is 0 Å². The van der Waals surface area contributed by atoms with E-state index in [1.54, 1.807) is 0 Å². The fourth-order valence-electron chi connectivity index (χ4n) is 0.641. The van der Waals surface area contributed by atoms with Crippen molar-refractivity contribution in [2.45, 2.75) is 18.9 Å². The lowest BCUT2D eigenvalue weighted by atomic mass is 10.1. The van der Waals surface area contributed by atoms with Crippen molar-refractivity contribution in [1.29, 1.82) is 0 Å². The van der Waals surface area contributed by atoms with E-state index in [0.717, 1.165) is 13.0 Å². The third kappa shape index (κ3) is 9.97. The summed E-state index contributed by atoms with van der Waals surface area (Å²) in [6.45, 7) is 0.876. The van der Waals surface area contributed by atoms with Gasteiger partial charge in [0.05, 0.1) is 6.04 Å². The molecule has 0 aromatic rings. The van der Waals surface area contributed by atoms with Crippen LogP contribution in [0.5, 0.6) is 0 Å². The Morgan fingerprint density at radius 3 is 2.33 bits per heavy atom. The molecular weight excluding hydrogens is 201 g/mol. The predicted octanol–water partition coefficient (Wildman–Crippen LogP) is -0.358. The SMILES string of the molecule is CNCCC[C@H](N)C(N)=O.Cl.Cl. The van der Waals surface area contributed by atoms with Gasteiger partial charge >= 0.3 is 0 Å². The summed E-state index contributed by atoms with van der Waals surface area (Å²) >= 11 is 0. The lowest BCUT2D eigenvalue weighted by Crippen LogP contribution is -2.36. The minimum atomic E-state index is -0.478. The number of carbonyl (C=O) groups is 1. The molecule has 0 saturated carbocycles. The maximum Gasteiger partial charge on any atom is 0.234 e. The van der Waals surface area contributed by atoms with Gasteiger partial charge in [-0.15, -0.1) is 24.8 Å². The van der Waals surface area contributed by atoms with Crippen molar-refractivity contribution in [2.75, 3.05) is 13.6 Å². The molecule has 0 radical (unpaired) electrons. The molecule has 1 amide bonds. The standard InChI is InChI=1S/C6H15N3O.2ClH/c1-9-4-2-3-5(7)6(8)10;;/h5,9H,2-4,7H2,1H3,(H2,8,10);2*1H/t5-;;/m0../s1. The molecule has 0 aliphatic rings. The first-order valence-electron chi connectivity index (χ1n) is 3.38. The highest BCUT2D eigenvalue weighted by Gasteiger charge is 2.06. The topological polar surface area (TPSA) is 81.1 Å². The second kappa shape index (κ2) is 11.0. The first-order valence-corrected chi connectivity index (χ1v) is 3.38. The Balaban J connectivity index is -0.000000405. The molecule has 4 nitrogen and oxygen atoms in total. The summed E-state index contributed by atoms with van der Waals surface area (Å²) in [4.78, 5) is 10.4. The van der Waals surface area contributed by atoms with E-state index in [1.165, 1.54) is 0 Å². The molecule has 6 heteroatoms. The lowest BCUT2D eigenvalue weighted by Gasteiger charge is -2.05. The van der Waals surface area contributed by atoms with Crippen LogP contribution in [0.15, 0.2) is 0 Å². The van der Waals surface area contributed by atoms with Crippen LogP contribution in [0.4, 0.5) is 0 Å². The van der Waals surface area contributed by atoms with Crippen molar-refractivity contribution >= 4 is 30.7 Å². The molecule has 0 saturated heterocycles. The minimum absolute atomic E-state index is 0. The maximum atomic E-state index is 10.4. The summed E-state index contributed by atoms with van der Waals surface area (Å²) in [5, 5.41) is 2.95. The summed E-state index contributed by atoms with van der Waals surface area (Å²) in [6.07, 6.45) is 1.55. The number of carbonyl (C=O) groups excluding carboxylic acids is 1. The number of rotatable bonds is 5. The predicted molar refractivity (Wildman–Crippen MR) is 54.8 cm³/mol. The van der Waals surface area contributed by atoms with Crippen molar-refractivity contribution in [3.05, 3.63) is 0 Å². The summed E-state index contributed by atoms with van der Waals surface area (Å²) in [7, 11) is 1.86. The van der Waals surface area contributed by atoms with Gasteiger partial charge in [-0.2, -0.15) is 0 Å². The zero-order chi connectivity index (χ0) is 7.98. The monoisotopic (exact) mass is 217 g/mol. The van der Waals surface area contributed by atoms with Crippen LogP contribution in [0, 0.1) is 0 Å². The van der Waals surface area contributed by atoms with Gasteiger partial charge in [-0.05, 0) is 26.4 Å². The molecule has 0 fully saturated rings. The van der Waals surface area contributed by atoms with Gasteiger partial charge in [0, 0.05) is 0 Å². The first-order chi connectivity index (χ1) is 4.68. The minimum Gasteiger partial charge on any atom is -0.368 e. The van der Waals surface area contributed by atoms with E-state index in [1.807, 2.05) is 7.05 Å². The molecule has 12 heavy (non-hydrogen) atoms. The normalized spacial score (nSPS) is 10.8. The van der Waals surface area contributed by atoms with Crippen molar-refractivity contribution in [3.63, 3.8) is 0 Å². The van der Waals surface area contributed by atoms with E-state index >= 15 is 0 Å². The van der Waals surface area contributed by atoms with Crippen LogP contribution in [0.25, 0.3) is 0 Å². The molecule has 0 unspecified atom stereocenters.